The van der Waals surface area contributed by atoms with E-state index in [4.69, 9.17) is 11.6 Å². The van der Waals surface area contributed by atoms with Crippen LogP contribution in [0, 0.1) is 9.81 Å². The van der Waals surface area contributed by atoms with E-state index in [1.165, 1.54) is 12.1 Å². The summed E-state index contributed by atoms with van der Waals surface area (Å²) < 4.78 is 0. The van der Waals surface area contributed by atoms with Gasteiger partial charge in [0.15, 0.2) is 5.78 Å². The average Bonchev–Trinajstić information content (AvgIpc) is 2.94. The second kappa shape index (κ2) is 9.84. The van der Waals surface area contributed by atoms with E-state index in [1.54, 1.807) is 60.4 Å². The van der Waals surface area contributed by atoms with Crippen LogP contribution in [0.25, 0.3) is 0 Å². The Morgan fingerprint density at radius 2 is 1.59 bits per heavy atom. The Labute approximate surface area is 218 Å². The quantitative estimate of drug-likeness (QED) is 0.354. The maximum absolute atomic E-state index is 14.3. The number of halogens is 1. The monoisotopic (exact) mass is 517 g/mol. The van der Waals surface area contributed by atoms with Gasteiger partial charge < -0.3 is 15.1 Å². The van der Waals surface area contributed by atoms with Gasteiger partial charge in [-0.3, -0.25) is 9.59 Å². The third kappa shape index (κ3) is 4.30. The molecule has 3 aromatic carbocycles. The molecule has 37 heavy (non-hydrogen) atoms. The Hall–Kier alpha value is -3.95. The molecule has 0 aliphatic carbocycles. The zero-order valence-electron chi connectivity index (χ0n) is 20.1. The van der Waals surface area contributed by atoms with Gasteiger partial charge in [-0.1, -0.05) is 35.9 Å². The normalized spacial score (nSPS) is 19.5. The molecule has 1 N–H and O–H groups in total. The molecule has 0 radical (unpaired) electrons. The Bertz CT molecular complexity index is 1400. The molecule has 0 aromatic heterocycles. The predicted molar refractivity (Wildman–Crippen MR) is 143 cm³/mol. The van der Waals surface area contributed by atoms with Crippen molar-refractivity contribution in [2.24, 2.45) is 10.4 Å². The molecule has 0 bridgehead atoms. The number of piperazine rings is 1. The largest absolute Gasteiger partial charge is 0.368 e. The number of ketones is 1. The first-order valence-corrected chi connectivity index (χ1v) is 12.3. The Morgan fingerprint density at radius 1 is 0.919 bits per heavy atom. The third-order valence-electron chi connectivity index (χ3n) is 7.07. The van der Waals surface area contributed by atoms with Crippen LogP contribution in [0.4, 0.5) is 22.7 Å². The molecule has 2 aliphatic heterocycles. The fraction of sp³-hybridized carbons (Fsp3) is 0.259. The summed E-state index contributed by atoms with van der Waals surface area (Å²) in [5.74, 6) is -0.779. The highest BCUT2D eigenvalue weighted by Gasteiger charge is 2.52. The molecular weight excluding hydrogens is 494 g/mol. The number of nitrogens with zero attached hydrogens (tertiary/aromatic N) is 4. The van der Waals surface area contributed by atoms with Crippen LogP contribution in [-0.4, -0.2) is 37.9 Å². The molecule has 1 saturated heterocycles. The molecule has 0 spiro atoms. The van der Waals surface area contributed by atoms with Crippen molar-refractivity contribution in [1.29, 1.82) is 0 Å². The highest BCUT2D eigenvalue weighted by molar-refractivity contribution is 6.34. The summed E-state index contributed by atoms with van der Waals surface area (Å²) in [5, 5.41) is 9.66. The van der Waals surface area contributed by atoms with Crippen molar-refractivity contribution < 1.29 is 9.59 Å². The van der Waals surface area contributed by atoms with Crippen LogP contribution in [0.5, 0.6) is 0 Å². The number of anilines is 2. The zero-order chi connectivity index (χ0) is 26.2. The van der Waals surface area contributed by atoms with E-state index in [0.717, 1.165) is 13.1 Å². The lowest BCUT2D eigenvalue weighted by Gasteiger charge is -2.42. The lowest BCUT2D eigenvalue weighted by Crippen LogP contribution is -2.55. The standard InChI is InChI=1S/C27H24ClN5O4/c1-27(18-5-7-20(30-36)8-6-18)25(34)24-22(32-11-9-29-10-12-32)14-19(28)15-23(24)33(26(27)35)16-17-3-2-4-21(13-17)31-37/h2-8,13-15,29H,9-12,16H2,1H3. The van der Waals surface area contributed by atoms with Crippen molar-refractivity contribution >= 4 is 46.0 Å². The first-order chi connectivity index (χ1) is 17.9. The second-order valence-electron chi connectivity index (χ2n) is 9.30. The Kier molecular flexibility index (Phi) is 6.57. The van der Waals surface area contributed by atoms with Crippen LogP contribution in [0.2, 0.25) is 5.02 Å². The number of nitrogens with one attached hydrogen (secondary N) is 1. The molecule has 2 heterocycles. The number of fused-ring (bicyclic) bond motifs is 1. The lowest BCUT2D eigenvalue weighted by molar-refractivity contribution is -0.122. The summed E-state index contributed by atoms with van der Waals surface area (Å²) in [6, 6.07) is 16.3. The van der Waals surface area contributed by atoms with Gasteiger partial charge >= 0.3 is 0 Å². The molecule has 10 heteroatoms. The molecule has 1 unspecified atom stereocenters. The zero-order valence-corrected chi connectivity index (χ0v) is 20.9. The maximum Gasteiger partial charge on any atom is 0.245 e. The topological polar surface area (TPSA) is 112 Å². The molecule has 1 fully saturated rings. The summed E-state index contributed by atoms with van der Waals surface area (Å²) in [5.41, 5.74) is 1.52. The Morgan fingerprint density at radius 3 is 2.27 bits per heavy atom. The molecule has 3 aromatic rings. The second-order valence-corrected chi connectivity index (χ2v) is 9.74. The summed E-state index contributed by atoms with van der Waals surface area (Å²) in [6.45, 7) is 4.57. The average molecular weight is 518 g/mol. The van der Waals surface area contributed by atoms with Crippen molar-refractivity contribution in [3.63, 3.8) is 0 Å². The number of amides is 1. The van der Waals surface area contributed by atoms with Gasteiger partial charge in [0.2, 0.25) is 5.91 Å². The number of benzene rings is 3. The first-order valence-electron chi connectivity index (χ1n) is 11.9. The SMILES string of the molecule is CC1(c2ccc(N=O)cc2)C(=O)c2c(N3CCNCC3)cc(Cl)cc2N(Cc2cccc(N=O)c2)C1=O. The van der Waals surface area contributed by atoms with E-state index in [-0.39, 0.29) is 23.7 Å². The minimum Gasteiger partial charge on any atom is -0.368 e. The van der Waals surface area contributed by atoms with Gasteiger partial charge in [-0.05, 0) is 64.8 Å². The number of hydrogen-bond donors (Lipinski definition) is 1. The van der Waals surface area contributed by atoms with E-state index in [2.05, 4.69) is 20.6 Å². The smallest absolute Gasteiger partial charge is 0.245 e. The van der Waals surface area contributed by atoms with Crippen molar-refractivity contribution in [3.8, 4) is 0 Å². The Balaban J connectivity index is 1.71. The van der Waals surface area contributed by atoms with E-state index in [0.29, 0.717) is 46.2 Å². The third-order valence-corrected chi connectivity index (χ3v) is 7.29. The van der Waals surface area contributed by atoms with E-state index < -0.39 is 11.3 Å². The number of rotatable bonds is 6. The van der Waals surface area contributed by atoms with Crippen LogP contribution in [0.3, 0.4) is 0 Å². The number of carbonyl (C=O) groups is 2. The number of carbonyl (C=O) groups excluding carboxylic acids is 2. The molecular formula is C27H24ClN5O4. The maximum atomic E-state index is 14.3. The van der Waals surface area contributed by atoms with Crippen molar-refractivity contribution in [1.82, 2.24) is 5.32 Å². The molecule has 0 saturated carbocycles. The molecule has 9 nitrogen and oxygen atoms in total. The summed E-state index contributed by atoms with van der Waals surface area (Å²) in [6.07, 6.45) is 0. The van der Waals surface area contributed by atoms with Crippen LogP contribution in [-0.2, 0) is 16.8 Å². The number of Topliss-reactive ketones (excluding diaryl/α,β-unsaturated/α-hetero) is 1. The van der Waals surface area contributed by atoms with Gasteiger partial charge in [-0.15, -0.1) is 9.81 Å². The van der Waals surface area contributed by atoms with E-state index in [9.17, 15) is 19.4 Å². The van der Waals surface area contributed by atoms with Gasteiger partial charge in [-0.2, -0.15) is 0 Å². The van der Waals surface area contributed by atoms with Crippen molar-refractivity contribution in [2.75, 3.05) is 36.0 Å². The summed E-state index contributed by atoms with van der Waals surface area (Å²) >= 11 is 6.55. The highest BCUT2D eigenvalue weighted by atomic mass is 35.5. The van der Waals surface area contributed by atoms with Crippen molar-refractivity contribution in [2.45, 2.75) is 18.9 Å². The van der Waals surface area contributed by atoms with Crippen molar-refractivity contribution in [3.05, 3.63) is 92.2 Å². The predicted octanol–water partition coefficient (Wildman–Crippen LogP) is 5.23. The van der Waals surface area contributed by atoms with Crippen LogP contribution < -0.4 is 15.1 Å². The van der Waals surface area contributed by atoms with Crippen LogP contribution >= 0.6 is 11.6 Å². The lowest BCUT2D eigenvalue weighted by atomic mass is 9.71. The van der Waals surface area contributed by atoms with Crippen LogP contribution in [0.1, 0.15) is 28.4 Å². The molecule has 2 aliphatic rings. The van der Waals surface area contributed by atoms with Gasteiger partial charge in [0.1, 0.15) is 16.8 Å². The van der Waals surface area contributed by atoms with Crippen LogP contribution in [0.15, 0.2) is 71.0 Å². The fourth-order valence-corrected chi connectivity index (χ4v) is 5.27. The fourth-order valence-electron chi connectivity index (χ4n) is 5.07. The minimum atomic E-state index is -1.56. The van der Waals surface area contributed by atoms with Gasteiger partial charge in [0, 0.05) is 31.2 Å². The summed E-state index contributed by atoms with van der Waals surface area (Å²) in [7, 11) is 0. The highest BCUT2D eigenvalue weighted by Crippen LogP contribution is 2.46. The first kappa shape index (κ1) is 24.7. The van der Waals surface area contributed by atoms with Gasteiger partial charge in [-0.25, -0.2) is 0 Å². The van der Waals surface area contributed by atoms with Gasteiger partial charge in [0.05, 0.1) is 23.5 Å². The van der Waals surface area contributed by atoms with E-state index >= 15 is 0 Å². The molecule has 1 atom stereocenters. The number of hydrogen-bond acceptors (Lipinski definition) is 8. The molecule has 5 rings (SSSR count). The summed E-state index contributed by atoms with van der Waals surface area (Å²) in [4.78, 5) is 54.3. The molecule has 1 amide bonds. The molecule has 188 valence electrons. The number of nitroso groups, excluding NO2 is 2. The minimum absolute atomic E-state index is 0.105. The van der Waals surface area contributed by atoms with E-state index in [1.807, 2.05) is 0 Å². The van der Waals surface area contributed by atoms with Gasteiger partial charge in [0.25, 0.3) is 0 Å².